The van der Waals surface area contributed by atoms with Gasteiger partial charge in [-0.2, -0.15) is 0 Å². The van der Waals surface area contributed by atoms with E-state index in [2.05, 4.69) is 30.4 Å². The maximum absolute atomic E-state index is 11.2. The Balaban J connectivity index is 0.000000885. The monoisotopic (exact) mass is 308 g/mol. The minimum absolute atomic E-state index is 0.688. The van der Waals surface area contributed by atoms with Gasteiger partial charge in [0.2, 0.25) is 0 Å². The smallest absolute Gasteiger partial charge is 0.152 e. The molecule has 0 unspecified atom stereocenters. The Kier molecular flexibility index (Phi) is 9.80. The van der Waals surface area contributed by atoms with Gasteiger partial charge in [0.05, 0.1) is 5.04 Å². The average molecular weight is 308 g/mol. The van der Waals surface area contributed by atoms with Crippen LogP contribution in [0.4, 0.5) is 0 Å². The first-order valence-electron chi connectivity index (χ1n) is 7.41. The Bertz CT molecular complexity index is 583. The number of hydrogen-bond donors (Lipinski definition) is 1. The second-order valence-electron chi connectivity index (χ2n) is 4.76. The summed E-state index contributed by atoms with van der Waals surface area (Å²) in [6.45, 7) is 14.2. The molecular weight excluding hydrogens is 280 g/mol. The van der Waals surface area contributed by atoms with E-state index in [1.165, 1.54) is 12.8 Å². The molecule has 1 rings (SSSR count). The Hall–Kier alpha value is -1.29. The lowest BCUT2D eigenvalue weighted by molar-refractivity contribution is 0.112. The number of aryl methyl sites for hydroxylation is 1. The van der Waals surface area contributed by atoms with Crippen molar-refractivity contribution in [1.82, 2.24) is 4.98 Å². The molecule has 0 aliphatic carbocycles. The predicted octanol–water partition coefficient (Wildman–Crippen LogP) is 3.52. The van der Waals surface area contributed by atoms with Crippen LogP contribution in [0.5, 0.6) is 0 Å². The van der Waals surface area contributed by atoms with Crippen LogP contribution in [-0.4, -0.2) is 22.6 Å². The van der Waals surface area contributed by atoms with Crippen molar-refractivity contribution >= 4 is 35.4 Å². The number of H-pyrrole nitrogens is 1. The molecule has 3 nitrogen and oxygen atoms in total. The summed E-state index contributed by atoms with van der Waals surface area (Å²) in [6.07, 6.45) is 6.29. The van der Waals surface area contributed by atoms with Gasteiger partial charge in [0.15, 0.2) is 6.29 Å². The van der Waals surface area contributed by atoms with E-state index in [0.717, 1.165) is 39.7 Å². The van der Waals surface area contributed by atoms with Crippen LogP contribution in [-0.2, 0) is 6.42 Å². The summed E-state index contributed by atoms with van der Waals surface area (Å²) in [5.41, 5.74) is 2.45. The molecule has 0 fully saturated rings. The first-order valence-corrected chi connectivity index (χ1v) is 8.64. The van der Waals surface area contributed by atoms with Gasteiger partial charge in [-0.1, -0.05) is 40.2 Å². The van der Waals surface area contributed by atoms with E-state index >= 15 is 0 Å². The van der Waals surface area contributed by atoms with E-state index in [1.807, 2.05) is 27.0 Å². The van der Waals surface area contributed by atoms with Crippen LogP contribution in [0.2, 0.25) is 0 Å². The number of hydrogen-bond acceptors (Lipinski definition) is 3. The standard InChI is InChI=1S/C13H18N2OS.C4H10/c1-6-12-11(7-16)13(9(3)15-12)8(2)14-10(4)17-5;1-3-4-2/h7,15H,3,6H2,1-2,4-5H3;3-4H2,1-2H3/b13-8+,14-10?;. The van der Waals surface area contributed by atoms with Crippen LogP contribution in [0, 0.1) is 0 Å². The molecule has 0 amide bonds. The molecule has 0 aliphatic heterocycles. The van der Waals surface area contributed by atoms with E-state index in [9.17, 15) is 4.79 Å². The third-order valence-corrected chi connectivity index (χ3v) is 3.83. The van der Waals surface area contributed by atoms with Crippen LogP contribution in [0.25, 0.3) is 12.3 Å². The first kappa shape index (κ1) is 19.7. The molecule has 0 spiro atoms. The van der Waals surface area contributed by atoms with E-state index in [4.69, 9.17) is 0 Å². The molecule has 0 aromatic carbocycles. The summed E-state index contributed by atoms with van der Waals surface area (Å²) in [7, 11) is 0. The Morgan fingerprint density at radius 1 is 1.29 bits per heavy atom. The Morgan fingerprint density at radius 3 is 2.24 bits per heavy atom. The summed E-state index contributed by atoms with van der Waals surface area (Å²) in [5, 5.41) is 2.57. The highest BCUT2D eigenvalue weighted by Gasteiger charge is 2.07. The molecule has 4 heteroatoms. The third-order valence-electron chi connectivity index (χ3n) is 3.15. The number of carbonyl (C=O) groups is 1. The predicted molar refractivity (Wildman–Crippen MR) is 96.6 cm³/mol. The number of nitrogens with one attached hydrogen (secondary N) is 1. The highest BCUT2D eigenvalue weighted by atomic mass is 32.2. The number of rotatable bonds is 4. The van der Waals surface area contributed by atoms with Crippen molar-refractivity contribution in [3.8, 4) is 0 Å². The highest BCUT2D eigenvalue weighted by Crippen LogP contribution is 2.04. The number of carbonyl (C=O) groups excluding carboxylic acids is 1. The molecule has 1 heterocycles. The zero-order valence-corrected chi connectivity index (χ0v) is 15.0. The highest BCUT2D eigenvalue weighted by molar-refractivity contribution is 8.13. The van der Waals surface area contributed by atoms with Crippen LogP contribution >= 0.6 is 11.8 Å². The number of nitrogens with zero attached hydrogens (tertiary/aromatic N) is 1. The molecule has 118 valence electrons. The quantitative estimate of drug-likeness (QED) is 0.525. The van der Waals surface area contributed by atoms with Gasteiger partial charge in [0.1, 0.15) is 0 Å². The second kappa shape index (κ2) is 10.4. The van der Waals surface area contributed by atoms with E-state index in [1.54, 1.807) is 11.8 Å². The van der Waals surface area contributed by atoms with Crippen molar-refractivity contribution in [3.63, 3.8) is 0 Å². The molecule has 0 saturated heterocycles. The molecule has 1 N–H and O–H groups in total. The van der Waals surface area contributed by atoms with Crippen molar-refractivity contribution < 1.29 is 4.79 Å². The van der Waals surface area contributed by atoms with Gasteiger partial charge in [0.25, 0.3) is 0 Å². The van der Waals surface area contributed by atoms with Gasteiger partial charge >= 0.3 is 0 Å². The number of unbranched alkanes of at least 4 members (excludes halogenated alkanes) is 1. The molecule has 1 aromatic rings. The summed E-state index contributed by atoms with van der Waals surface area (Å²) in [4.78, 5) is 18.8. The lowest BCUT2D eigenvalue weighted by atomic mass is 10.1. The van der Waals surface area contributed by atoms with Crippen LogP contribution in [0.3, 0.4) is 0 Å². The summed E-state index contributed by atoms with van der Waals surface area (Å²) in [5.74, 6) is 0. The largest absolute Gasteiger partial charge is 0.358 e. The molecule has 0 saturated carbocycles. The number of aromatic amines is 1. The lowest BCUT2D eigenvalue weighted by Crippen LogP contribution is -2.25. The van der Waals surface area contributed by atoms with E-state index < -0.39 is 0 Å². The Morgan fingerprint density at radius 2 is 1.86 bits per heavy atom. The second-order valence-corrected chi connectivity index (χ2v) is 5.76. The normalized spacial score (nSPS) is 12.6. The fourth-order valence-corrected chi connectivity index (χ4v) is 2.01. The van der Waals surface area contributed by atoms with Crippen LogP contribution < -0.4 is 10.6 Å². The van der Waals surface area contributed by atoms with Gasteiger partial charge in [0, 0.05) is 27.5 Å². The van der Waals surface area contributed by atoms with Gasteiger partial charge in [-0.05, 0) is 26.5 Å². The van der Waals surface area contributed by atoms with Crippen LogP contribution in [0.15, 0.2) is 4.99 Å². The van der Waals surface area contributed by atoms with Crippen molar-refractivity contribution in [2.24, 2.45) is 4.99 Å². The molecule has 0 atom stereocenters. The number of aliphatic imine (C=N–C) groups is 1. The van der Waals surface area contributed by atoms with Crippen molar-refractivity contribution in [3.05, 3.63) is 21.8 Å². The fourth-order valence-electron chi connectivity index (χ4n) is 1.79. The number of thioether (sulfide) groups is 1. The van der Waals surface area contributed by atoms with Crippen molar-refractivity contribution in [2.45, 2.75) is 53.9 Å². The zero-order valence-electron chi connectivity index (χ0n) is 14.2. The fraction of sp³-hybridized carbons (Fsp3) is 0.529. The van der Waals surface area contributed by atoms with Crippen LogP contribution in [0.1, 0.15) is 63.5 Å². The minimum atomic E-state index is 0.688. The van der Waals surface area contributed by atoms with E-state index in [-0.39, 0.29) is 0 Å². The molecule has 0 bridgehead atoms. The first-order chi connectivity index (χ1) is 9.96. The maximum atomic E-state index is 11.2. The molecule has 0 radical (unpaired) electrons. The molecule has 21 heavy (non-hydrogen) atoms. The third kappa shape index (κ3) is 5.92. The zero-order chi connectivity index (χ0) is 16.4. The minimum Gasteiger partial charge on any atom is -0.358 e. The SMILES string of the molecule is C=c1[nH]c(CC)c(C=O)/c1=C(\C)N=C(C)SC.CCCC. The molecule has 1 aromatic heterocycles. The summed E-state index contributed by atoms with van der Waals surface area (Å²) < 4.78 is 0. The van der Waals surface area contributed by atoms with Gasteiger partial charge in [-0.25, -0.2) is 0 Å². The number of aldehydes is 1. The summed E-state index contributed by atoms with van der Waals surface area (Å²) in [6, 6.07) is 0. The maximum Gasteiger partial charge on any atom is 0.152 e. The van der Waals surface area contributed by atoms with E-state index in [0.29, 0.717) is 5.56 Å². The van der Waals surface area contributed by atoms with Crippen molar-refractivity contribution in [1.29, 1.82) is 0 Å². The van der Waals surface area contributed by atoms with Gasteiger partial charge in [-0.15, -0.1) is 11.8 Å². The van der Waals surface area contributed by atoms with Gasteiger partial charge < -0.3 is 4.98 Å². The summed E-state index contributed by atoms with van der Waals surface area (Å²) >= 11 is 1.59. The molecular formula is C17H28N2OS. The molecule has 0 aliphatic rings. The lowest BCUT2D eigenvalue weighted by Gasteiger charge is -1.96. The van der Waals surface area contributed by atoms with Crippen molar-refractivity contribution in [2.75, 3.05) is 6.26 Å². The topological polar surface area (TPSA) is 45.2 Å². The Labute approximate surface area is 132 Å². The van der Waals surface area contributed by atoms with Gasteiger partial charge in [-0.3, -0.25) is 9.79 Å². The average Bonchev–Trinajstić information content (AvgIpc) is 2.82. The number of aromatic nitrogens is 1.